The van der Waals surface area contributed by atoms with Crippen molar-refractivity contribution in [3.63, 3.8) is 0 Å². The number of amides is 1. The Morgan fingerprint density at radius 2 is 2.00 bits per heavy atom. The number of fused-ring (bicyclic) bond motifs is 1. The second-order valence-electron chi connectivity index (χ2n) is 6.92. The van der Waals surface area contributed by atoms with Gasteiger partial charge in [0.2, 0.25) is 5.91 Å². The first-order chi connectivity index (χ1) is 13.6. The van der Waals surface area contributed by atoms with E-state index in [0.717, 1.165) is 10.6 Å². The molecular formula is C21H20FN3O2S. The maximum Gasteiger partial charge on any atom is 0.254 e. The van der Waals surface area contributed by atoms with Gasteiger partial charge in [0.25, 0.3) is 5.56 Å². The number of carbonyl (C=O) groups is 1. The molecule has 0 radical (unpaired) electrons. The van der Waals surface area contributed by atoms with Gasteiger partial charge in [0.1, 0.15) is 11.6 Å². The molecule has 1 aromatic carbocycles. The third-order valence-electron chi connectivity index (χ3n) is 5.08. The third kappa shape index (κ3) is 4.04. The molecule has 2 heterocycles. The van der Waals surface area contributed by atoms with Crippen molar-refractivity contribution in [3.05, 3.63) is 74.1 Å². The molecule has 0 aliphatic heterocycles. The number of halogens is 1. The Bertz CT molecular complexity index is 1030. The van der Waals surface area contributed by atoms with Crippen LogP contribution >= 0.6 is 11.3 Å². The second-order valence-corrected chi connectivity index (χ2v) is 7.95. The van der Waals surface area contributed by atoms with Gasteiger partial charge in [0.05, 0.1) is 12.2 Å². The Labute approximate surface area is 165 Å². The number of benzene rings is 1. The lowest BCUT2D eigenvalue weighted by molar-refractivity contribution is -0.125. The van der Waals surface area contributed by atoms with E-state index in [1.807, 2.05) is 17.5 Å². The molecule has 1 aliphatic carbocycles. The van der Waals surface area contributed by atoms with E-state index in [4.69, 9.17) is 0 Å². The van der Waals surface area contributed by atoms with Gasteiger partial charge < -0.3 is 10.3 Å². The smallest absolute Gasteiger partial charge is 0.254 e. The SMILES string of the molecule is O=C(NCc1cccs1)C1CCc2nc(-c3ccc(F)cc3)[nH]c(=O)c2CC1. The number of rotatable bonds is 4. The van der Waals surface area contributed by atoms with Crippen LogP contribution in [0, 0.1) is 11.7 Å². The minimum absolute atomic E-state index is 0.0244. The molecule has 0 saturated heterocycles. The fraction of sp³-hybridized carbons (Fsp3) is 0.286. The van der Waals surface area contributed by atoms with Crippen molar-refractivity contribution in [3.8, 4) is 11.4 Å². The highest BCUT2D eigenvalue weighted by Gasteiger charge is 2.25. The van der Waals surface area contributed by atoms with Crippen LogP contribution in [-0.2, 0) is 24.2 Å². The van der Waals surface area contributed by atoms with E-state index >= 15 is 0 Å². The number of thiophene rings is 1. The number of carbonyl (C=O) groups excluding carboxylic acids is 1. The number of nitrogens with one attached hydrogen (secondary N) is 2. The summed E-state index contributed by atoms with van der Waals surface area (Å²) in [5.41, 5.74) is 1.87. The van der Waals surface area contributed by atoms with Gasteiger partial charge in [-0.3, -0.25) is 9.59 Å². The average molecular weight is 397 g/mol. The van der Waals surface area contributed by atoms with Crippen molar-refractivity contribution in [1.82, 2.24) is 15.3 Å². The molecule has 7 heteroatoms. The summed E-state index contributed by atoms with van der Waals surface area (Å²) in [6.45, 7) is 0.535. The molecule has 5 nitrogen and oxygen atoms in total. The molecule has 28 heavy (non-hydrogen) atoms. The molecule has 144 valence electrons. The van der Waals surface area contributed by atoms with Crippen molar-refractivity contribution < 1.29 is 9.18 Å². The summed E-state index contributed by atoms with van der Waals surface area (Å²) < 4.78 is 13.2. The summed E-state index contributed by atoms with van der Waals surface area (Å²) in [7, 11) is 0. The summed E-state index contributed by atoms with van der Waals surface area (Å²) >= 11 is 1.61. The van der Waals surface area contributed by atoms with Crippen molar-refractivity contribution >= 4 is 17.2 Å². The number of aromatic amines is 1. The minimum atomic E-state index is -0.336. The number of hydrogen-bond acceptors (Lipinski definition) is 4. The van der Waals surface area contributed by atoms with Crippen molar-refractivity contribution in [2.45, 2.75) is 32.2 Å². The van der Waals surface area contributed by atoms with Gasteiger partial charge in [-0.2, -0.15) is 0 Å². The van der Waals surface area contributed by atoms with E-state index in [-0.39, 0.29) is 23.2 Å². The molecular weight excluding hydrogens is 377 g/mol. The summed E-state index contributed by atoms with van der Waals surface area (Å²) in [6.07, 6.45) is 2.38. The topological polar surface area (TPSA) is 74.8 Å². The summed E-state index contributed by atoms with van der Waals surface area (Å²) in [6, 6.07) is 9.83. The Hall–Kier alpha value is -2.80. The normalized spacial score (nSPS) is 16.2. The van der Waals surface area contributed by atoms with Crippen LogP contribution in [0.3, 0.4) is 0 Å². The van der Waals surface area contributed by atoms with Gasteiger partial charge in [-0.05, 0) is 61.4 Å². The van der Waals surface area contributed by atoms with Gasteiger partial charge >= 0.3 is 0 Å². The van der Waals surface area contributed by atoms with Crippen molar-refractivity contribution in [2.75, 3.05) is 0 Å². The van der Waals surface area contributed by atoms with Crippen LogP contribution in [0.4, 0.5) is 4.39 Å². The molecule has 4 rings (SSSR count). The summed E-state index contributed by atoms with van der Waals surface area (Å²) in [4.78, 5) is 33.6. The predicted molar refractivity (Wildman–Crippen MR) is 107 cm³/mol. The van der Waals surface area contributed by atoms with Gasteiger partial charge in [-0.25, -0.2) is 9.37 Å². The van der Waals surface area contributed by atoms with E-state index in [1.165, 1.54) is 12.1 Å². The zero-order valence-electron chi connectivity index (χ0n) is 15.2. The van der Waals surface area contributed by atoms with Crippen molar-refractivity contribution in [2.24, 2.45) is 5.92 Å². The van der Waals surface area contributed by atoms with Crippen molar-refractivity contribution in [1.29, 1.82) is 0 Å². The number of nitrogens with zero attached hydrogens (tertiary/aromatic N) is 1. The maximum absolute atomic E-state index is 13.2. The Morgan fingerprint density at radius 3 is 2.75 bits per heavy atom. The van der Waals surface area contributed by atoms with Crippen LogP contribution in [0.25, 0.3) is 11.4 Å². The monoisotopic (exact) mass is 397 g/mol. The molecule has 0 spiro atoms. The van der Waals surface area contributed by atoms with Gasteiger partial charge in [0, 0.05) is 21.9 Å². The molecule has 0 fully saturated rings. The fourth-order valence-corrected chi connectivity index (χ4v) is 4.17. The zero-order chi connectivity index (χ0) is 19.5. The molecule has 2 N–H and O–H groups in total. The van der Waals surface area contributed by atoms with E-state index < -0.39 is 0 Å². The lowest BCUT2D eigenvalue weighted by Crippen LogP contribution is -2.30. The Balaban J connectivity index is 1.49. The fourth-order valence-electron chi connectivity index (χ4n) is 3.52. The minimum Gasteiger partial charge on any atom is -0.351 e. The number of aromatic nitrogens is 2. The lowest BCUT2D eigenvalue weighted by atomic mass is 9.99. The molecule has 1 amide bonds. The first-order valence-corrected chi connectivity index (χ1v) is 10.2. The molecule has 1 unspecified atom stereocenters. The number of hydrogen-bond donors (Lipinski definition) is 2. The summed E-state index contributed by atoms with van der Waals surface area (Å²) in [5.74, 6) is -0.0131. The predicted octanol–water partition coefficient (Wildman–Crippen LogP) is 3.45. The van der Waals surface area contributed by atoms with Crippen LogP contribution in [0.5, 0.6) is 0 Å². The van der Waals surface area contributed by atoms with Gasteiger partial charge in [-0.1, -0.05) is 6.07 Å². The first-order valence-electron chi connectivity index (χ1n) is 9.28. The molecule has 2 aromatic heterocycles. The van der Waals surface area contributed by atoms with E-state index in [9.17, 15) is 14.0 Å². The standard InChI is InChI=1S/C21H20FN3O2S/c22-15-7-3-13(4-8-15)19-24-18-10-6-14(5-9-17(18)21(27)25-19)20(26)23-12-16-2-1-11-28-16/h1-4,7-8,11,14H,5-6,9-10,12H2,(H,23,26)(H,24,25,27). The summed E-state index contributed by atoms with van der Waals surface area (Å²) in [5, 5.41) is 4.98. The lowest BCUT2D eigenvalue weighted by Gasteiger charge is -2.13. The second kappa shape index (κ2) is 8.06. The molecule has 1 atom stereocenters. The van der Waals surface area contributed by atoms with E-state index in [0.29, 0.717) is 49.2 Å². The number of aryl methyl sites for hydroxylation is 1. The largest absolute Gasteiger partial charge is 0.351 e. The highest BCUT2D eigenvalue weighted by Crippen LogP contribution is 2.24. The first kappa shape index (κ1) is 18.6. The van der Waals surface area contributed by atoms with Crippen LogP contribution in [-0.4, -0.2) is 15.9 Å². The highest BCUT2D eigenvalue weighted by atomic mass is 32.1. The quantitative estimate of drug-likeness (QED) is 0.662. The van der Waals surface area contributed by atoms with E-state index in [2.05, 4.69) is 15.3 Å². The molecule has 0 bridgehead atoms. The average Bonchev–Trinajstić information content (AvgIpc) is 3.12. The molecule has 3 aromatic rings. The third-order valence-corrected chi connectivity index (χ3v) is 5.96. The maximum atomic E-state index is 13.2. The van der Waals surface area contributed by atoms with Gasteiger partial charge in [0.15, 0.2) is 0 Å². The van der Waals surface area contributed by atoms with E-state index in [1.54, 1.807) is 23.5 Å². The van der Waals surface area contributed by atoms with Crippen LogP contribution in [0.15, 0.2) is 46.6 Å². The Morgan fingerprint density at radius 1 is 1.21 bits per heavy atom. The van der Waals surface area contributed by atoms with Crippen LogP contribution < -0.4 is 10.9 Å². The van der Waals surface area contributed by atoms with Crippen LogP contribution in [0.2, 0.25) is 0 Å². The molecule has 1 aliphatic rings. The zero-order valence-corrected chi connectivity index (χ0v) is 16.0. The number of H-pyrrole nitrogens is 1. The molecule has 0 saturated carbocycles. The van der Waals surface area contributed by atoms with Gasteiger partial charge in [-0.15, -0.1) is 11.3 Å². The van der Waals surface area contributed by atoms with Crippen LogP contribution in [0.1, 0.15) is 29.0 Å². The Kier molecular flexibility index (Phi) is 5.34. The highest BCUT2D eigenvalue weighted by molar-refractivity contribution is 7.09.